The van der Waals surface area contributed by atoms with E-state index in [9.17, 15) is 4.79 Å². The minimum absolute atomic E-state index is 0.233. The van der Waals surface area contributed by atoms with Crippen LogP contribution in [0.1, 0.15) is 23.1 Å². The number of rotatable bonds is 6. The van der Waals surface area contributed by atoms with Crippen LogP contribution in [0.2, 0.25) is 0 Å². The second-order valence-corrected chi connectivity index (χ2v) is 5.83. The lowest BCUT2D eigenvalue weighted by Gasteiger charge is -2.09. The number of hydrogen-bond acceptors (Lipinski definition) is 6. The first-order chi connectivity index (χ1) is 12.2. The third-order valence-electron chi connectivity index (χ3n) is 3.43. The van der Waals surface area contributed by atoms with Gasteiger partial charge in [0.15, 0.2) is 0 Å². The summed E-state index contributed by atoms with van der Waals surface area (Å²) in [5.41, 5.74) is 1.14. The van der Waals surface area contributed by atoms with E-state index in [1.807, 2.05) is 13.0 Å². The molecule has 1 N–H and O–H groups in total. The predicted octanol–water partition coefficient (Wildman–Crippen LogP) is 4.15. The van der Waals surface area contributed by atoms with Crippen molar-refractivity contribution in [2.24, 2.45) is 0 Å². The third-order valence-corrected chi connectivity index (χ3v) is 4.07. The molecule has 0 saturated heterocycles. The molecule has 25 heavy (non-hydrogen) atoms. The lowest BCUT2D eigenvalue weighted by molar-refractivity contribution is 0.102. The van der Waals surface area contributed by atoms with Crippen molar-refractivity contribution in [2.75, 3.05) is 12.4 Å². The number of aromatic nitrogens is 2. The molecule has 0 aliphatic heterocycles. The molecule has 0 aliphatic rings. The summed E-state index contributed by atoms with van der Waals surface area (Å²) in [6, 6.07) is 14.1. The zero-order chi connectivity index (χ0) is 17.6. The van der Waals surface area contributed by atoms with E-state index in [2.05, 4.69) is 14.7 Å². The van der Waals surface area contributed by atoms with E-state index in [1.54, 1.807) is 42.5 Å². The van der Waals surface area contributed by atoms with Gasteiger partial charge < -0.3 is 14.8 Å². The number of amides is 1. The topological polar surface area (TPSA) is 73.3 Å². The molecule has 1 heterocycles. The first-order valence-electron chi connectivity index (χ1n) is 7.74. The van der Waals surface area contributed by atoms with Gasteiger partial charge in [0.2, 0.25) is 0 Å². The van der Waals surface area contributed by atoms with Crippen LogP contribution < -0.4 is 14.8 Å². The van der Waals surface area contributed by atoms with Crippen LogP contribution >= 0.6 is 11.5 Å². The fraction of sp³-hybridized carbons (Fsp3) is 0.167. The Morgan fingerprint density at radius 3 is 2.60 bits per heavy atom. The van der Waals surface area contributed by atoms with Crippen molar-refractivity contribution in [3.05, 3.63) is 59.9 Å². The van der Waals surface area contributed by atoms with Crippen molar-refractivity contribution in [3.63, 3.8) is 0 Å². The quantitative estimate of drug-likeness (QED) is 0.719. The van der Waals surface area contributed by atoms with Gasteiger partial charge in [-0.05, 0) is 36.4 Å². The molecule has 6 nitrogen and oxygen atoms in total. The van der Waals surface area contributed by atoms with Gasteiger partial charge in [-0.15, -0.1) is 0 Å². The van der Waals surface area contributed by atoms with E-state index < -0.39 is 0 Å². The highest BCUT2D eigenvalue weighted by atomic mass is 32.1. The summed E-state index contributed by atoms with van der Waals surface area (Å²) >= 11 is 1.22. The summed E-state index contributed by atoms with van der Waals surface area (Å²) in [6.45, 7) is 1.99. The van der Waals surface area contributed by atoms with Gasteiger partial charge in [-0.3, -0.25) is 4.79 Å². The van der Waals surface area contributed by atoms with Crippen LogP contribution in [0.25, 0.3) is 0 Å². The molecular weight excluding hydrogens is 338 g/mol. The van der Waals surface area contributed by atoms with Crippen LogP contribution in [0.5, 0.6) is 16.7 Å². The van der Waals surface area contributed by atoms with Crippen LogP contribution in [0.15, 0.2) is 48.5 Å². The minimum Gasteiger partial charge on any atom is -0.496 e. The van der Waals surface area contributed by atoms with E-state index in [-0.39, 0.29) is 5.91 Å². The zero-order valence-corrected chi connectivity index (χ0v) is 14.7. The van der Waals surface area contributed by atoms with Gasteiger partial charge >= 0.3 is 0 Å². The van der Waals surface area contributed by atoms with Crippen molar-refractivity contribution in [2.45, 2.75) is 13.3 Å². The van der Waals surface area contributed by atoms with Crippen LogP contribution in [0, 0.1) is 0 Å². The number of hydrogen-bond donors (Lipinski definition) is 1. The van der Waals surface area contributed by atoms with E-state index in [0.717, 1.165) is 12.2 Å². The monoisotopic (exact) mass is 355 g/mol. The van der Waals surface area contributed by atoms with Crippen molar-refractivity contribution in [1.82, 2.24) is 9.36 Å². The molecule has 3 rings (SSSR count). The maximum atomic E-state index is 12.4. The summed E-state index contributed by atoms with van der Waals surface area (Å²) in [4.78, 5) is 16.6. The van der Waals surface area contributed by atoms with Crippen LogP contribution in [-0.2, 0) is 6.42 Å². The molecule has 1 amide bonds. The standard InChI is InChI=1S/C18H17N3O3S/c1-3-16-20-18(25-21-16)24-13-10-8-12(9-11-13)19-17(22)14-6-4-5-7-15(14)23-2/h4-11H,3H2,1-2H3,(H,19,22). The average molecular weight is 355 g/mol. The Kier molecular flexibility index (Phi) is 5.25. The molecular formula is C18H17N3O3S. The lowest BCUT2D eigenvalue weighted by atomic mass is 10.2. The number of nitrogens with one attached hydrogen (secondary N) is 1. The van der Waals surface area contributed by atoms with Gasteiger partial charge in [0.05, 0.1) is 12.7 Å². The van der Waals surface area contributed by atoms with Gasteiger partial charge in [-0.1, -0.05) is 19.1 Å². The molecule has 3 aromatic rings. The van der Waals surface area contributed by atoms with Crippen molar-refractivity contribution >= 4 is 23.1 Å². The fourth-order valence-corrected chi connectivity index (χ4v) is 2.79. The second-order valence-electron chi connectivity index (χ2n) is 5.11. The van der Waals surface area contributed by atoms with E-state index >= 15 is 0 Å². The number of benzene rings is 2. The molecule has 0 fully saturated rings. The lowest BCUT2D eigenvalue weighted by Crippen LogP contribution is -2.12. The number of carbonyl (C=O) groups is 1. The summed E-state index contributed by atoms with van der Waals surface area (Å²) in [5.74, 6) is 1.69. The molecule has 0 atom stereocenters. The molecule has 0 bridgehead atoms. The molecule has 0 spiro atoms. The highest BCUT2D eigenvalue weighted by molar-refractivity contribution is 7.07. The van der Waals surface area contributed by atoms with Gasteiger partial charge in [0, 0.05) is 23.6 Å². The molecule has 0 unspecified atom stereocenters. The average Bonchev–Trinajstić information content (AvgIpc) is 3.11. The number of carbonyl (C=O) groups excluding carboxylic acids is 1. The molecule has 128 valence electrons. The highest BCUT2D eigenvalue weighted by Gasteiger charge is 2.12. The summed E-state index contributed by atoms with van der Waals surface area (Å²) in [5, 5.41) is 3.34. The SMILES string of the molecule is CCc1nsc(Oc2ccc(NC(=O)c3ccccc3OC)cc2)n1. The fourth-order valence-electron chi connectivity index (χ4n) is 2.16. The van der Waals surface area contributed by atoms with Crippen molar-refractivity contribution < 1.29 is 14.3 Å². The summed E-state index contributed by atoms with van der Waals surface area (Å²) in [7, 11) is 1.54. The van der Waals surface area contributed by atoms with Gasteiger partial charge in [0.25, 0.3) is 11.1 Å². The van der Waals surface area contributed by atoms with Crippen LogP contribution in [0.4, 0.5) is 5.69 Å². The first kappa shape index (κ1) is 16.9. The van der Waals surface area contributed by atoms with E-state index in [4.69, 9.17) is 9.47 Å². The Morgan fingerprint density at radius 1 is 1.16 bits per heavy atom. The third kappa shape index (κ3) is 4.13. The molecule has 0 aliphatic carbocycles. The number of para-hydroxylation sites is 1. The normalized spacial score (nSPS) is 10.3. The first-order valence-corrected chi connectivity index (χ1v) is 8.52. The maximum Gasteiger partial charge on any atom is 0.298 e. The van der Waals surface area contributed by atoms with Crippen molar-refractivity contribution in [3.8, 4) is 16.7 Å². The molecule has 0 radical (unpaired) electrons. The Hall–Kier alpha value is -2.93. The molecule has 0 saturated carbocycles. The number of aryl methyl sites for hydroxylation is 1. The molecule has 1 aromatic heterocycles. The molecule has 7 heteroatoms. The number of ether oxygens (including phenoxy) is 2. The van der Waals surface area contributed by atoms with Gasteiger partial charge in [0.1, 0.15) is 17.3 Å². The summed E-state index contributed by atoms with van der Waals surface area (Å²) < 4.78 is 15.0. The number of nitrogens with zero attached hydrogens (tertiary/aromatic N) is 2. The van der Waals surface area contributed by atoms with E-state index in [0.29, 0.717) is 27.9 Å². The maximum absolute atomic E-state index is 12.4. The predicted molar refractivity (Wildman–Crippen MR) is 96.8 cm³/mol. The number of methoxy groups -OCH3 is 1. The molecule has 2 aromatic carbocycles. The smallest absolute Gasteiger partial charge is 0.298 e. The second kappa shape index (κ2) is 7.76. The minimum atomic E-state index is -0.233. The highest BCUT2D eigenvalue weighted by Crippen LogP contribution is 2.25. The largest absolute Gasteiger partial charge is 0.496 e. The Labute approximate surface area is 149 Å². The van der Waals surface area contributed by atoms with Gasteiger partial charge in [-0.25, -0.2) is 0 Å². The Bertz CT molecular complexity index is 862. The zero-order valence-electron chi connectivity index (χ0n) is 13.9. The van der Waals surface area contributed by atoms with Crippen molar-refractivity contribution in [1.29, 1.82) is 0 Å². The van der Waals surface area contributed by atoms with Gasteiger partial charge in [-0.2, -0.15) is 9.36 Å². The van der Waals surface area contributed by atoms with Crippen LogP contribution in [0.3, 0.4) is 0 Å². The Morgan fingerprint density at radius 2 is 1.92 bits per heavy atom. The number of anilines is 1. The summed E-state index contributed by atoms with van der Waals surface area (Å²) in [6.07, 6.45) is 0.772. The van der Waals surface area contributed by atoms with Crippen LogP contribution in [-0.4, -0.2) is 22.4 Å². The Balaban J connectivity index is 1.67. The van der Waals surface area contributed by atoms with E-state index in [1.165, 1.54) is 18.6 Å².